The number of nitrogens with one attached hydrogen (secondary N) is 1. The van der Waals surface area contributed by atoms with Gasteiger partial charge in [0.1, 0.15) is 6.29 Å². The molecule has 3 heteroatoms. The molecule has 1 fully saturated rings. The van der Waals surface area contributed by atoms with E-state index < -0.39 is 0 Å². The Kier molecular flexibility index (Phi) is 3.48. The van der Waals surface area contributed by atoms with Gasteiger partial charge in [-0.3, -0.25) is 4.90 Å². The van der Waals surface area contributed by atoms with Gasteiger partial charge in [0, 0.05) is 25.7 Å². The molecule has 0 radical (unpaired) electrons. The molecule has 1 aromatic carbocycles. The minimum absolute atomic E-state index is 0.338. The summed E-state index contributed by atoms with van der Waals surface area (Å²) in [7, 11) is 0. The molecule has 0 aromatic heterocycles. The van der Waals surface area contributed by atoms with Crippen molar-refractivity contribution in [2.24, 2.45) is 0 Å². The van der Waals surface area contributed by atoms with E-state index in [2.05, 4.69) is 22.3 Å². The van der Waals surface area contributed by atoms with E-state index in [0.29, 0.717) is 12.6 Å². The number of aldehydes is 1. The molecule has 1 aliphatic rings. The number of rotatable bonds is 3. The molecule has 0 saturated carbocycles. The normalized spacial score (nSPS) is 22.5. The van der Waals surface area contributed by atoms with E-state index in [0.717, 1.165) is 25.9 Å². The smallest absolute Gasteiger partial charge is 0.134 e. The Morgan fingerprint density at radius 1 is 1.40 bits per heavy atom. The topological polar surface area (TPSA) is 32.3 Å². The van der Waals surface area contributed by atoms with E-state index >= 15 is 0 Å². The van der Waals surface area contributed by atoms with Crippen molar-refractivity contribution in [2.75, 3.05) is 26.2 Å². The van der Waals surface area contributed by atoms with Crippen molar-refractivity contribution in [3.05, 3.63) is 35.9 Å². The van der Waals surface area contributed by atoms with Gasteiger partial charge in [-0.05, 0) is 5.56 Å². The van der Waals surface area contributed by atoms with Crippen molar-refractivity contribution < 1.29 is 4.79 Å². The van der Waals surface area contributed by atoms with E-state index in [4.69, 9.17) is 0 Å². The lowest BCUT2D eigenvalue weighted by molar-refractivity contribution is -0.109. The molecule has 0 spiro atoms. The van der Waals surface area contributed by atoms with Crippen LogP contribution in [0, 0.1) is 0 Å². The van der Waals surface area contributed by atoms with Crippen molar-refractivity contribution in [1.82, 2.24) is 10.2 Å². The van der Waals surface area contributed by atoms with Crippen molar-refractivity contribution >= 4 is 6.29 Å². The van der Waals surface area contributed by atoms with E-state index in [1.54, 1.807) is 0 Å². The first kappa shape index (κ1) is 10.3. The van der Waals surface area contributed by atoms with Crippen LogP contribution >= 0.6 is 0 Å². The summed E-state index contributed by atoms with van der Waals surface area (Å²) in [6.45, 7) is 3.37. The summed E-state index contributed by atoms with van der Waals surface area (Å²) in [5.41, 5.74) is 1.28. The van der Waals surface area contributed by atoms with Crippen LogP contribution in [0.2, 0.25) is 0 Å². The van der Waals surface area contributed by atoms with Crippen molar-refractivity contribution in [3.8, 4) is 0 Å². The number of benzene rings is 1. The highest BCUT2D eigenvalue weighted by atomic mass is 16.1. The largest absolute Gasteiger partial charge is 0.314 e. The third kappa shape index (κ3) is 2.43. The maximum Gasteiger partial charge on any atom is 0.134 e. The average molecular weight is 204 g/mol. The second kappa shape index (κ2) is 5.05. The molecule has 1 N–H and O–H groups in total. The molecule has 1 atom stereocenters. The summed E-state index contributed by atoms with van der Waals surface area (Å²) in [5, 5.41) is 3.36. The standard InChI is InChI=1S/C12H16N2O/c15-9-8-14-7-6-13-10-12(14)11-4-2-1-3-5-11/h1-5,9,12-13H,6-8,10H2. The second-order valence-electron chi connectivity index (χ2n) is 3.79. The SMILES string of the molecule is O=CCN1CCNCC1c1ccccc1. The minimum Gasteiger partial charge on any atom is -0.314 e. The monoisotopic (exact) mass is 204 g/mol. The lowest BCUT2D eigenvalue weighted by Crippen LogP contribution is -2.46. The van der Waals surface area contributed by atoms with Crippen LogP contribution in [0.4, 0.5) is 0 Å². The van der Waals surface area contributed by atoms with Crippen LogP contribution in [0.15, 0.2) is 30.3 Å². The predicted molar refractivity (Wildman–Crippen MR) is 59.7 cm³/mol. The lowest BCUT2D eigenvalue weighted by atomic mass is 10.0. The summed E-state index contributed by atoms with van der Waals surface area (Å²) >= 11 is 0. The first-order valence-corrected chi connectivity index (χ1v) is 5.35. The number of carbonyl (C=O) groups is 1. The Morgan fingerprint density at radius 3 is 2.93 bits per heavy atom. The molecule has 0 aliphatic carbocycles. The molecule has 1 aliphatic heterocycles. The second-order valence-corrected chi connectivity index (χ2v) is 3.79. The van der Waals surface area contributed by atoms with Gasteiger partial charge in [-0.2, -0.15) is 0 Å². The maximum absolute atomic E-state index is 10.6. The van der Waals surface area contributed by atoms with Gasteiger partial charge in [0.25, 0.3) is 0 Å². The lowest BCUT2D eigenvalue weighted by Gasteiger charge is -2.35. The van der Waals surface area contributed by atoms with Gasteiger partial charge >= 0.3 is 0 Å². The van der Waals surface area contributed by atoms with Crippen molar-refractivity contribution in [2.45, 2.75) is 6.04 Å². The Morgan fingerprint density at radius 2 is 2.20 bits per heavy atom. The van der Waals surface area contributed by atoms with Gasteiger partial charge in [0.05, 0.1) is 6.54 Å². The molecule has 15 heavy (non-hydrogen) atoms. The molecule has 80 valence electrons. The summed E-state index contributed by atoms with van der Waals surface area (Å²) in [6, 6.07) is 10.7. The quantitative estimate of drug-likeness (QED) is 0.740. The Bertz CT molecular complexity index is 313. The van der Waals surface area contributed by atoms with Crippen LogP contribution in [0.1, 0.15) is 11.6 Å². The molecular formula is C12H16N2O. The first-order chi connectivity index (χ1) is 7.42. The number of piperazine rings is 1. The zero-order chi connectivity index (χ0) is 10.5. The average Bonchev–Trinajstić information content (AvgIpc) is 2.31. The molecule has 0 bridgehead atoms. The molecule has 1 aromatic rings. The van der Waals surface area contributed by atoms with E-state index in [-0.39, 0.29) is 0 Å². The number of hydrogen-bond acceptors (Lipinski definition) is 3. The Hall–Kier alpha value is -1.19. The molecule has 3 nitrogen and oxygen atoms in total. The minimum atomic E-state index is 0.338. The van der Waals surface area contributed by atoms with Gasteiger partial charge in [0.2, 0.25) is 0 Å². The zero-order valence-electron chi connectivity index (χ0n) is 8.73. The fourth-order valence-electron chi connectivity index (χ4n) is 2.06. The van der Waals surface area contributed by atoms with E-state index in [9.17, 15) is 4.79 Å². The summed E-state index contributed by atoms with van der Waals surface area (Å²) in [5.74, 6) is 0. The number of nitrogens with zero attached hydrogens (tertiary/aromatic N) is 1. The third-order valence-electron chi connectivity index (χ3n) is 2.85. The highest BCUT2D eigenvalue weighted by Gasteiger charge is 2.22. The van der Waals surface area contributed by atoms with Crippen LogP contribution in [0.25, 0.3) is 0 Å². The van der Waals surface area contributed by atoms with Gasteiger partial charge in [-0.15, -0.1) is 0 Å². The maximum atomic E-state index is 10.6. The number of hydrogen-bond donors (Lipinski definition) is 1. The molecule has 1 saturated heterocycles. The summed E-state index contributed by atoms with van der Waals surface area (Å²) in [4.78, 5) is 12.8. The van der Waals surface area contributed by atoms with Crippen LogP contribution in [0.3, 0.4) is 0 Å². The highest BCUT2D eigenvalue weighted by molar-refractivity contribution is 5.52. The fraction of sp³-hybridized carbons (Fsp3) is 0.417. The van der Waals surface area contributed by atoms with Crippen molar-refractivity contribution in [3.63, 3.8) is 0 Å². The predicted octanol–water partition coefficient (Wildman–Crippen LogP) is 0.832. The molecule has 0 amide bonds. The molecule has 2 rings (SSSR count). The molecular weight excluding hydrogens is 188 g/mol. The van der Waals surface area contributed by atoms with Crippen LogP contribution < -0.4 is 5.32 Å². The van der Waals surface area contributed by atoms with Crippen molar-refractivity contribution in [1.29, 1.82) is 0 Å². The van der Waals surface area contributed by atoms with Crippen LogP contribution in [-0.2, 0) is 4.79 Å². The van der Waals surface area contributed by atoms with Gasteiger partial charge in [-0.1, -0.05) is 30.3 Å². The first-order valence-electron chi connectivity index (χ1n) is 5.35. The van der Waals surface area contributed by atoms with Gasteiger partial charge < -0.3 is 10.1 Å². The summed E-state index contributed by atoms with van der Waals surface area (Å²) in [6.07, 6.45) is 0.987. The third-order valence-corrected chi connectivity index (χ3v) is 2.85. The van der Waals surface area contributed by atoms with Crippen LogP contribution in [-0.4, -0.2) is 37.4 Å². The Balaban J connectivity index is 2.14. The zero-order valence-corrected chi connectivity index (χ0v) is 8.73. The molecule has 1 unspecified atom stereocenters. The summed E-state index contributed by atoms with van der Waals surface area (Å²) < 4.78 is 0. The number of carbonyl (C=O) groups excluding carboxylic acids is 1. The Labute approximate surface area is 90.1 Å². The fourth-order valence-corrected chi connectivity index (χ4v) is 2.06. The van der Waals surface area contributed by atoms with Gasteiger partial charge in [-0.25, -0.2) is 0 Å². The molecule has 1 heterocycles. The highest BCUT2D eigenvalue weighted by Crippen LogP contribution is 2.20. The van der Waals surface area contributed by atoms with E-state index in [1.807, 2.05) is 18.2 Å². The van der Waals surface area contributed by atoms with E-state index in [1.165, 1.54) is 5.56 Å². The van der Waals surface area contributed by atoms with Gasteiger partial charge in [0.15, 0.2) is 0 Å². The van der Waals surface area contributed by atoms with Crippen LogP contribution in [0.5, 0.6) is 0 Å².